The van der Waals surface area contributed by atoms with Gasteiger partial charge in [-0.3, -0.25) is 9.88 Å². The monoisotopic (exact) mass is 414 g/mol. The number of hydrogen-bond acceptors (Lipinski definition) is 4. The molecule has 1 aliphatic heterocycles. The molecule has 1 fully saturated rings. The highest BCUT2D eigenvalue weighted by Gasteiger charge is 2.47. The van der Waals surface area contributed by atoms with Gasteiger partial charge in [-0.25, -0.2) is 0 Å². The second kappa shape index (κ2) is 7.93. The summed E-state index contributed by atoms with van der Waals surface area (Å²) >= 11 is 1.99. The SMILES string of the molecule is Cc1nc2ccccc2cc1[C@@H](c1ccccc1)C1(c2ccco2)CCN(C)CS1. The van der Waals surface area contributed by atoms with E-state index in [0.717, 1.165) is 35.8 Å². The van der Waals surface area contributed by atoms with Crippen molar-refractivity contribution in [1.82, 2.24) is 9.88 Å². The van der Waals surface area contributed by atoms with Gasteiger partial charge in [0.2, 0.25) is 0 Å². The van der Waals surface area contributed by atoms with Gasteiger partial charge in [-0.05, 0) is 55.8 Å². The van der Waals surface area contributed by atoms with E-state index < -0.39 is 0 Å². The normalized spacial score (nSPS) is 21.0. The molecule has 3 nitrogen and oxygen atoms in total. The van der Waals surface area contributed by atoms with Crippen LogP contribution in [0.5, 0.6) is 0 Å². The van der Waals surface area contributed by atoms with Gasteiger partial charge >= 0.3 is 0 Å². The molecule has 0 spiro atoms. The maximum absolute atomic E-state index is 6.10. The molecule has 2 atom stereocenters. The highest BCUT2D eigenvalue weighted by molar-refractivity contribution is 8.00. The number of furan rings is 1. The van der Waals surface area contributed by atoms with E-state index in [1.54, 1.807) is 0 Å². The van der Waals surface area contributed by atoms with Gasteiger partial charge in [0.25, 0.3) is 0 Å². The fourth-order valence-corrected chi connectivity index (χ4v) is 6.17. The predicted octanol–water partition coefficient (Wildman–Crippen LogP) is 6.19. The average Bonchev–Trinajstić information content (AvgIpc) is 3.32. The first-order valence-electron chi connectivity index (χ1n) is 10.4. The lowest BCUT2D eigenvalue weighted by molar-refractivity contribution is 0.295. The van der Waals surface area contributed by atoms with Crippen LogP contribution in [0.4, 0.5) is 0 Å². The fourth-order valence-electron chi connectivity index (χ4n) is 4.67. The Morgan fingerprint density at radius 1 is 1.03 bits per heavy atom. The molecule has 2 aromatic carbocycles. The molecule has 1 saturated heterocycles. The van der Waals surface area contributed by atoms with Crippen molar-refractivity contribution in [2.24, 2.45) is 0 Å². The topological polar surface area (TPSA) is 29.3 Å². The number of nitrogens with zero attached hydrogens (tertiary/aromatic N) is 2. The molecule has 0 bridgehead atoms. The van der Waals surface area contributed by atoms with E-state index in [1.807, 2.05) is 24.1 Å². The fraction of sp³-hybridized carbons (Fsp3) is 0.269. The summed E-state index contributed by atoms with van der Waals surface area (Å²) in [4.78, 5) is 7.38. The molecule has 1 unspecified atom stereocenters. The van der Waals surface area contributed by atoms with Crippen LogP contribution < -0.4 is 0 Å². The lowest BCUT2D eigenvalue weighted by Crippen LogP contribution is -2.41. The Bertz CT molecular complexity index is 1130. The standard InChI is InChI=1S/C26H26N2OS/c1-19-22(17-21-11-6-7-12-23(21)27-19)25(20-9-4-3-5-10-20)26(24-13-8-16-29-24)14-15-28(2)18-30-26/h3-13,16-17,25H,14-15,18H2,1-2H3/t25-,26?/m1/s1. The number of aryl methyl sites for hydroxylation is 1. The van der Waals surface area contributed by atoms with Gasteiger partial charge in [0, 0.05) is 29.4 Å². The van der Waals surface area contributed by atoms with Crippen molar-refractivity contribution in [3.05, 3.63) is 102 Å². The van der Waals surface area contributed by atoms with Crippen LogP contribution >= 0.6 is 11.8 Å². The van der Waals surface area contributed by atoms with E-state index >= 15 is 0 Å². The zero-order valence-electron chi connectivity index (χ0n) is 17.4. The zero-order valence-corrected chi connectivity index (χ0v) is 18.2. The first-order chi connectivity index (χ1) is 14.7. The smallest absolute Gasteiger partial charge is 0.120 e. The number of fused-ring (bicyclic) bond motifs is 1. The Kier molecular flexibility index (Phi) is 5.13. The summed E-state index contributed by atoms with van der Waals surface area (Å²) in [6.45, 7) is 3.18. The Labute approximate surface area is 182 Å². The third-order valence-corrected chi connectivity index (χ3v) is 7.94. The van der Waals surface area contributed by atoms with Crippen molar-refractivity contribution in [2.45, 2.75) is 24.0 Å². The molecule has 1 aliphatic rings. The van der Waals surface area contributed by atoms with Crippen LogP contribution in [0.3, 0.4) is 0 Å². The van der Waals surface area contributed by atoms with Crippen LogP contribution in [-0.2, 0) is 4.75 Å². The molecule has 5 rings (SSSR count). The van der Waals surface area contributed by atoms with E-state index in [2.05, 4.69) is 85.6 Å². The summed E-state index contributed by atoms with van der Waals surface area (Å²) in [7, 11) is 2.19. The highest BCUT2D eigenvalue weighted by Crippen LogP contribution is 2.55. The van der Waals surface area contributed by atoms with Gasteiger partial charge in [0.05, 0.1) is 16.5 Å². The van der Waals surface area contributed by atoms with Crippen molar-refractivity contribution in [1.29, 1.82) is 0 Å². The number of pyridine rings is 1. The van der Waals surface area contributed by atoms with Crippen molar-refractivity contribution < 1.29 is 4.42 Å². The van der Waals surface area contributed by atoms with Crippen molar-refractivity contribution in [2.75, 3.05) is 19.5 Å². The summed E-state index contributed by atoms with van der Waals surface area (Å²) in [6.07, 6.45) is 2.83. The molecular formula is C26H26N2OS. The Morgan fingerprint density at radius 3 is 2.57 bits per heavy atom. The maximum atomic E-state index is 6.10. The van der Waals surface area contributed by atoms with E-state index in [-0.39, 0.29) is 10.7 Å². The minimum atomic E-state index is -0.174. The number of para-hydroxylation sites is 1. The van der Waals surface area contributed by atoms with Crippen LogP contribution in [-0.4, -0.2) is 29.4 Å². The summed E-state index contributed by atoms with van der Waals surface area (Å²) in [6, 6.07) is 25.8. The van der Waals surface area contributed by atoms with E-state index in [4.69, 9.17) is 9.40 Å². The minimum absolute atomic E-state index is 0.153. The van der Waals surface area contributed by atoms with E-state index in [9.17, 15) is 0 Å². The molecule has 0 N–H and O–H groups in total. The van der Waals surface area contributed by atoms with E-state index in [1.165, 1.54) is 16.5 Å². The Morgan fingerprint density at radius 2 is 1.83 bits per heavy atom. The second-order valence-electron chi connectivity index (χ2n) is 8.17. The third-order valence-electron chi connectivity index (χ3n) is 6.21. The van der Waals surface area contributed by atoms with Crippen LogP contribution in [0, 0.1) is 6.92 Å². The van der Waals surface area contributed by atoms with Crippen molar-refractivity contribution in [3.8, 4) is 0 Å². The summed E-state index contributed by atoms with van der Waals surface area (Å²) in [5.74, 6) is 2.19. The number of benzene rings is 2. The number of hydrogen-bond donors (Lipinski definition) is 0. The molecule has 2 aromatic heterocycles. The molecule has 0 aliphatic carbocycles. The van der Waals surface area contributed by atoms with Crippen molar-refractivity contribution >= 4 is 22.7 Å². The largest absolute Gasteiger partial charge is 0.468 e. The number of thioether (sulfide) groups is 1. The average molecular weight is 415 g/mol. The van der Waals surface area contributed by atoms with Gasteiger partial charge in [0.15, 0.2) is 0 Å². The maximum Gasteiger partial charge on any atom is 0.120 e. The Hall–Kier alpha value is -2.56. The zero-order chi connectivity index (χ0) is 20.6. The van der Waals surface area contributed by atoms with Crippen LogP contribution in [0.25, 0.3) is 10.9 Å². The molecule has 0 amide bonds. The Balaban J connectivity index is 1.76. The predicted molar refractivity (Wildman–Crippen MR) is 125 cm³/mol. The molecule has 3 heterocycles. The molecule has 0 radical (unpaired) electrons. The van der Waals surface area contributed by atoms with Crippen LogP contribution in [0.15, 0.2) is 83.5 Å². The molecule has 4 aromatic rings. The number of aromatic nitrogens is 1. The number of rotatable bonds is 4. The van der Waals surface area contributed by atoms with Gasteiger partial charge < -0.3 is 4.42 Å². The summed E-state index contributed by atoms with van der Waals surface area (Å²) in [5.41, 5.74) is 4.74. The van der Waals surface area contributed by atoms with Gasteiger partial charge in [-0.15, -0.1) is 11.8 Å². The molecule has 30 heavy (non-hydrogen) atoms. The summed E-state index contributed by atoms with van der Waals surface area (Å²) < 4.78 is 5.93. The second-order valence-corrected chi connectivity index (χ2v) is 9.44. The lowest BCUT2D eigenvalue weighted by Gasteiger charge is -2.44. The molecule has 4 heteroatoms. The van der Waals surface area contributed by atoms with Crippen LogP contribution in [0.1, 0.15) is 34.9 Å². The van der Waals surface area contributed by atoms with E-state index in [0.29, 0.717) is 0 Å². The van der Waals surface area contributed by atoms with Gasteiger partial charge in [-0.1, -0.05) is 48.5 Å². The first-order valence-corrected chi connectivity index (χ1v) is 11.4. The van der Waals surface area contributed by atoms with Gasteiger partial charge in [0.1, 0.15) is 5.76 Å². The van der Waals surface area contributed by atoms with Crippen LogP contribution in [0.2, 0.25) is 0 Å². The highest BCUT2D eigenvalue weighted by atomic mass is 32.2. The quantitative estimate of drug-likeness (QED) is 0.398. The summed E-state index contributed by atoms with van der Waals surface area (Å²) in [5, 5.41) is 1.19. The third kappa shape index (κ3) is 3.34. The first kappa shape index (κ1) is 19.4. The minimum Gasteiger partial charge on any atom is -0.468 e. The van der Waals surface area contributed by atoms with Crippen molar-refractivity contribution in [3.63, 3.8) is 0 Å². The lowest BCUT2D eigenvalue weighted by atomic mass is 9.76. The molecular weight excluding hydrogens is 388 g/mol. The van der Waals surface area contributed by atoms with Gasteiger partial charge in [-0.2, -0.15) is 0 Å². The molecule has 152 valence electrons. The molecule has 0 saturated carbocycles.